The quantitative estimate of drug-likeness (QED) is 0.725. The smallest absolute Gasteiger partial charge is 0.239 e. The molecule has 0 saturated carbocycles. The monoisotopic (exact) mass is 366 g/mol. The molecule has 25 heavy (non-hydrogen) atoms. The normalized spacial score (nSPS) is 11.8. The molecular formula is C16H16F2N4O2S. The van der Waals surface area contributed by atoms with Crippen molar-refractivity contribution in [3.8, 4) is 0 Å². The third kappa shape index (κ3) is 3.14. The third-order valence-electron chi connectivity index (χ3n) is 3.65. The fourth-order valence-corrected chi connectivity index (χ4v) is 4.14. The van der Waals surface area contributed by atoms with Gasteiger partial charge in [0.1, 0.15) is 11.5 Å². The first kappa shape index (κ1) is 17.2. The van der Waals surface area contributed by atoms with Gasteiger partial charge in [-0.3, -0.25) is 0 Å². The second-order valence-corrected chi connectivity index (χ2v) is 7.45. The summed E-state index contributed by atoms with van der Waals surface area (Å²) in [5, 5.41) is 0.511. The van der Waals surface area contributed by atoms with Crippen LogP contribution < -0.4 is 10.0 Å². The van der Waals surface area contributed by atoms with E-state index in [0.717, 1.165) is 16.4 Å². The number of nitrogens with one attached hydrogen (secondary N) is 1. The number of sulfonamides is 1. The average Bonchev–Trinajstić information content (AvgIpc) is 2.91. The number of fused-ring (bicyclic) bond motifs is 1. The number of H-pyrrole nitrogens is 1. The van der Waals surface area contributed by atoms with Gasteiger partial charge < -0.3 is 10.7 Å². The first-order chi connectivity index (χ1) is 11.8. The number of nitrogen functional groups attached to an aromatic ring is 1. The Morgan fingerprint density at radius 2 is 2.04 bits per heavy atom. The highest BCUT2D eigenvalue weighted by Crippen LogP contribution is 2.34. The molecule has 6 nitrogen and oxygen atoms in total. The number of nitrogens with zero attached hydrogens (tertiary/aromatic N) is 2. The van der Waals surface area contributed by atoms with Gasteiger partial charge in [0.05, 0.1) is 29.0 Å². The molecule has 2 aromatic heterocycles. The molecule has 9 heteroatoms. The molecule has 0 radical (unpaired) electrons. The van der Waals surface area contributed by atoms with Gasteiger partial charge in [-0.2, -0.15) is 0 Å². The Kier molecular flexibility index (Phi) is 4.34. The maximum absolute atomic E-state index is 14.3. The lowest BCUT2D eigenvalue weighted by Crippen LogP contribution is -2.29. The summed E-state index contributed by atoms with van der Waals surface area (Å²) in [6, 6.07) is 4.23. The summed E-state index contributed by atoms with van der Waals surface area (Å²) in [5.41, 5.74) is 6.55. The number of hydrogen-bond donors (Lipinski definition) is 2. The number of halogens is 2. The van der Waals surface area contributed by atoms with Gasteiger partial charge in [0.15, 0.2) is 5.82 Å². The van der Waals surface area contributed by atoms with Crippen LogP contribution in [0.5, 0.6) is 0 Å². The Balaban J connectivity index is 2.24. The summed E-state index contributed by atoms with van der Waals surface area (Å²) < 4.78 is 53.8. The Morgan fingerprint density at radius 3 is 2.72 bits per heavy atom. The van der Waals surface area contributed by atoms with Crippen molar-refractivity contribution in [2.75, 3.05) is 15.8 Å². The first-order valence-electron chi connectivity index (χ1n) is 7.54. The zero-order valence-electron chi connectivity index (χ0n) is 13.3. The van der Waals surface area contributed by atoms with Gasteiger partial charge in [-0.1, -0.05) is 6.92 Å². The second kappa shape index (κ2) is 6.32. The lowest BCUT2D eigenvalue weighted by molar-refractivity contribution is 0.578. The molecule has 0 fully saturated rings. The Hall–Kier alpha value is -2.68. The Morgan fingerprint density at radius 1 is 1.28 bits per heavy atom. The maximum atomic E-state index is 14.3. The highest BCUT2D eigenvalue weighted by Gasteiger charge is 2.27. The molecule has 0 aliphatic heterocycles. The molecule has 0 amide bonds. The topological polar surface area (TPSA) is 92.1 Å². The van der Waals surface area contributed by atoms with Gasteiger partial charge in [0, 0.05) is 17.6 Å². The maximum Gasteiger partial charge on any atom is 0.239 e. The van der Waals surface area contributed by atoms with Crippen LogP contribution in [-0.2, 0) is 10.0 Å². The van der Waals surface area contributed by atoms with E-state index >= 15 is 0 Å². The molecule has 0 aliphatic rings. The molecule has 3 rings (SSSR count). The van der Waals surface area contributed by atoms with E-state index < -0.39 is 21.7 Å². The van der Waals surface area contributed by atoms with Crippen molar-refractivity contribution >= 4 is 38.1 Å². The zero-order chi connectivity index (χ0) is 18.2. The lowest BCUT2D eigenvalue weighted by atomic mass is 10.2. The standard InChI is InChI=1S/C16H16F2N4O2S/c1-2-5-25(23,24)22(15-4-3-10(17)6-13(15)18)11-7-12-14(19)9-21-16(12)20-8-11/h3-4,6-9H,2,5,19H2,1H3,(H,20,21). The van der Waals surface area contributed by atoms with E-state index in [9.17, 15) is 17.2 Å². The Bertz CT molecular complexity index is 1030. The fraction of sp³-hybridized carbons (Fsp3) is 0.188. The van der Waals surface area contributed by atoms with Crippen LogP contribution >= 0.6 is 0 Å². The van der Waals surface area contributed by atoms with Gasteiger partial charge in [-0.25, -0.2) is 26.5 Å². The minimum Gasteiger partial charge on any atom is -0.397 e. The highest BCUT2D eigenvalue weighted by molar-refractivity contribution is 7.93. The molecule has 132 valence electrons. The number of aromatic nitrogens is 2. The molecule has 0 unspecified atom stereocenters. The molecule has 3 aromatic rings. The van der Waals surface area contributed by atoms with Crippen LogP contribution in [0, 0.1) is 11.6 Å². The molecule has 0 bridgehead atoms. The largest absolute Gasteiger partial charge is 0.397 e. The Labute approximate surface area is 143 Å². The molecule has 0 saturated heterocycles. The van der Waals surface area contributed by atoms with Crippen molar-refractivity contribution < 1.29 is 17.2 Å². The molecule has 0 atom stereocenters. The molecular weight excluding hydrogens is 350 g/mol. The summed E-state index contributed by atoms with van der Waals surface area (Å²) in [5.74, 6) is -1.98. The SMILES string of the molecule is CCCS(=O)(=O)N(c1cnc2[nH]cc(N)c2c1)c1ccc(F)cc1F. The number of pyridine rings is 1. The van der Waals surface area contributed by atoms with E-state index in [1.807, 2.05) is 0 Å². The van der Waals surface area contributed by atoms with E-state index in [-0.39, 0.29) is 17.1 Å². The molecule has 0 spiro atoms. The lowest BCUT2D eigenvalue weighted by Gasteiger charge is -2.24. The summed E-state index contributed by atoms with van der Waals surface area (Å²) >= 11 is 0. The van der Waals surface area contributed by atoms with E-state index in [1.165, 1.54) is 18.5 Å². The van der Waals surface area contributed by atoms with Gasteiger partial charge >= 0.3 is 0 Å². The number of nitrogens with two attached hydrogens (primary N) is 1. The molecule has 0 aliphatic carbocycles. The summed E-state index contributed by atoms with van der Waals surface area (Å²) in [6.07, 6.45) is 3.17. The summed E-state index contributed by atoms with van der Waals surface area (Å²) in [4.78, 5) is 6.98. The minimum atomic E-state index is -3.90. The first-order valence-corrected chi connectivity index (χ1v) is 9.15. The average molecular weight is 366 g/mol. The third-order valence-corrected chi connectivity index (χ3v) is 5.54. The number of rotatable bonds is 5. The van der Waals surface area contributed by atoms with Crippen molar-refractivity contribution in [3.63, 3.8) is 0 Å². The van der Waals surface area contributed by atoms with Crippen LogP contribution in [0.25, 0.3) is 11.0 Å². The summed E-state index contributed by atoms with van der Waals surface area (Å²) in [6.45, 7) is 1.70. The summed E-state index contributed by atoms with van der Waals surface area (Å²) in [7, 11) is -3.90. The number of benzene rings is 1. The van der Waals surface area contributed by atoms with E-state index in [2.05, 4.69) is 9.97 Å². The van der Waals surface area contributed by atoms with Crippen molar-refractivity contribution in [1.29, 1.82) is 0 Å². The van der Waals surface area contributed by atoms with Crippen LogP contribution in [-0.4, -0.2) is 24.1 Å². The second-order valence-electron chi connectivity index (χ2n) is 5.51. The molecule has 1 aromatic carbocycles. The van der Waals surface area contributed by atoms with E-state index in [0.29, 0.717) is 29.2 Å². The van der Waals surface area contributed by atoms with Crippen molar-refractivity contribution in [1.82, 2.24) is 9.97 Å². The number of anilines is 3. The van der Waals surface area contributed by atoms with Crippen molar-refractivity contribution in [2.45, 2.75) is 13.3 Å². The van der Waals surface area contributed by atoms with E-state index in [1.54, 1.807) is 6.92 Å². The van der Waals surface area contributed by atoms with Crippen molar-refractivity contribution in [2.24, 2.45) is 0 Å². The fourth-order valence-electron chi connectivity index (χ4n) is 2.57. The van der Waals surface area contributed by atoms with Gasteiger partial charge in [-0.15, -0.1) is 0 Å². The number of hydrogen-bond acceptors (Lipinski definition) is 4. The minimum absolute atomic E-state index is 0.123. The van der Waals surface area contributed by atoms with Crippen molar-refractivity contribution in [3.05, 3.63) is 48.3 Å². The van der Waals surface area contributed by atoms with E-state index in [4.69, 9.17) is 5.73 Å². The van der Waals surface area contributed by atoms with Crippen LogP contribution in [0.15, 0.2) is 36.7 Å². The van der Waals surface area contributed by atoms with Gasteiger partial charge in [-0.05, 0) is 24.6 Å². The highest BCUT2D eigenvalue weighted by atomic mass is 32.2. The zero-order valence-corrected chi connectivity index (χ0v) is 14.1. The van der Waals surface area contributed by atoms with Crippen LogP contribution in [0.1, 0.15) is 13.3 Å². The number of aromatic amines is 1. The van der Waals surface area contributed by atoms with Crippen LogP contribution in [0.4, 0.5) is 25.8 Å². The van der Waals surface area contributed by atoms with Crippen LogP contribution in [0.2, 0.25) is 0 Å². The predicted octanol–water partition coefficient (Wildman–Crippen LogP) is 3.30. The predicted molar refractivity (Wildman–Crippen MR) is 93.1 cm³/mol. The molecule has 2 heterocycles. The van der Waals surface area contributed by atoms with Crippen LogP contribution in [0.3, 0.4) is 0 Å². The van der Waals surface area contributed by atoms with Gasteiger partial charge in [0.2, 0.25) is 10.0 Å². The molecule has 3 N–H and O–H groups in total. The van der Waals surface area contributed by atoms with Gasteiger partial charge in [0.25, 0.3) is 0 Å².